The average Bonchev–Trinajstić information content (AvgIpc) is 2.49. The Labute approximate surface area is 122 Å². The monoisotopic (exact) mass is 288 g/mol. The first-order valence-electron chi connectivity index (χ1n) is 6.56. The number of hydrogen-bond donors (Lipinski definition) is 2. The Hall–Kier alpha value is -2.56. The molecule has 0 aromatic heterocycles. The third-order valence-corrected chi connectivity index (χ3v) is 3.08. The quantitative estimate of drug-likeness (QED) is 0.830. The fourth-order valence-corrected chi connectivity index (χ4v) is 1.97. The number of ether oxygens (including phenoxy) is 1. The van der Waals surface area contributed by atoms with Gasteiger partial charge in [0.05, 0.1) is 12.7 Å². The molecular formula is C16H17FN2O2. The van der Waals surface area contributed by atoms with E-state index < -0.39 is 0 Å². The van der Waals surface area contributed by atoms with E-state index in [-0.39, 0.29) is 11.7 Å². The Morgan fingerprint density at radius 3 is 2.62 bits per heavy atom. The lowest BCUT2D eigenvalue weighted by atomic mass is 10.1. The number of benzene rings is 2. The summed E-state index contributed by atoms with van der Waals surface area (Å²) in [7, 11) is 1.50. The van der Waals surface area contributed by atoms with Gasteiger partial charge in [0.25, 0.3) is 5.91 Å². The molecule has 0 aliphatic heterocycles. The summed E-state index contributed by atoms with van der Waals surface area (Å²) >= 11 is 0. The summed E-state index contributed by atoms with van der Waals surface area (Å²) < 4.78 is 17.9. The van der Waals surface area contributed by atoms with Crippen LogP contribution in [0.1, 0.15) is 15.9 Å². The van der Waals surface area contributed by atoms with Gasteiger partial charge in [-0.15, -0.1) is 0 Å². The van der Waals surface area contributed by atoms with E-state index in [2.05, 4.69) is 5.32 Å². The number of nitrogens with one attached hydrogen (secondary N) is 1. The number of halogens is 1. The van der Waals surface area contributed by atoms with Gasteiger partial charge in [0.1, 0.15) is 11.6 Å². The van der Waals surface area contributed by atoms with E-state index in [0.717, 1.165) is 5.56 Å². The molecule has 0 fully saturated rings. The molecule has 110 valence electrons. The second-order valence-electron chi connectivity index (χ2n) is 4.59. The number of carbonyl (C=O) groups excluding carboxylic acids is 1. The molecule has 0 saturated heterocycles. The fraction of sp³-hybridized carbons (Fsp3) is 0.188. The molecule has 0 unspecified atom stereocenters. The van der Waals surface area contributed by atoms with Crippen LogP contribution in [0.4, 0.5) is 10.1 Å². The van der Waals surface area contributed by atoms with E-state index in [0.29, 0.717) is 30.0 Å². The van der Waals surface area contributed by atoms with Crippen LogP contribution < -0.4 is 15.8 Å². The minimum atomic E-state index is -0.271. The van der Waals surface area contributed by atoms with Gasteiger partial charge in [-0.3, -0.25) is 4.79 Å². The molecule has 21 heavy (non-hydrogen) atoms. The number of anilines is 1. The van der Waals surface area contributed by atoms with Gasteiger partial charge in [0.2, 0.25) is 0 Å². The lowest BCUT2D eigenvalue weighted by Crippen LogP contribution is -2.26. The van der Waals surface area contributed by atoms with Crippen LogP contribution >= 0.6 is 0 Å². The van der Waals surface area contributed by atoms with Crippen molar-refractivity contribution in [2.45, 2.75) is 6.42 Å². The van der Waals surface area contributed by atoms with Crippen LogP contribution in [0.2, 0.25) is 0 Å². The number of hydrogen-bond acceptors (Lipinski definition) is 3. The molecule has 5 heteroatoms. The standard InChI is InChI=1S/C16H17FN2O2/c1-21-15-7-6-13(18)10-14(15)16(20)19-9-8-11-2-4-12(17)5-3-11/h2-7,10H,8-9,18H2,1H3,(H,19,20). The molecule has 0 spiro atoms. The first-order chi connectivity index (χ1) is 10.1. The molecule has 2 aromatic carbocycles. The van der Waals surface area contributed by atoms with Crippen molar-refractivity contribution in [1.29, 1.82) is 0 Å². The van der Waals surface area contributed by atoms with Crippen LogP contribution in [0.25, 0.3) is 0 Å². The third kappa shape index (κ3) is 3.95. The summed E-state index contributed by atoms with van der Waals surface area (Å²) in [4.78, 5) is 12.1. The zero-order valence-electron chi connectivity index (χ0n) is 11.7. The predicted octanol–water partition coefficient (Wildman–Crippen LogP) is 2.39. The molecule has 2 aromatic rings. The van der Waals surface area contributed by atoms with Crippen molar-refractivity contribution >= 4 is 11.6 Å². The highest BCUT2D eigenvalue weighted by molar-refractivity contribution is 5.97. The Morgan fingerprint density at radius 2 is 1.95 bits per heavy atom. The van der Waals surface area contributed by atoms with Crippen molar-refractivity contribution in [1.82, 2.24) is 5.32 Å². The molecular weight excluding hydrogens is 271 g/mol. The molecule has 4 nitrogen and oxygen atoms in total. The zero-order chi connectivity index (χ0) is 15.2. The number of rotatable bonds is 5. The smallest absolute Gasteiger partial charge is 0.255 e. The van der Waals surface area contributed by atoms with Crippen LogP contribution in [0.3, 0.4) is 0 Å². The number of amides is 1. The van der Waals surface area contributed by atoms with Gasteiger partial charge >= 0.3 is 0 Å². The van der Waals surface area contributed by atoms with Gasteiger partial charge in [-0.05, 0) is 42.3 Å². The number of nitrogens with two attached hydrogens (primary N) is 1. The summed E-state index contributed by atoms with van der Waals surface area (Å²) in [6.07, 6.45) is 0.622. The van der Waals surface area contributed by atoms with E-state index in [1.165, 1.54) is 19.2 Å². The summed E-state index contributed by atoms with van der Waals surface area (Å²) in [5.41, 5.74) is 7.54. The lowest BCUT2D eigenvalue weighted by Gasteiger charge is -2.10. The molecule has 0 atom stereocenters. The van der Waals surface area contributed by atoms with Crippen molar-refractivity contribution in [2.75, 3.05) is 19.4 Å². The maximum Gasteiger partial charge on any atom is 0.255 e. The SMILES string of the molecule is COc1ccc(N)cc1C(=O)NCCc1ccc(F)cc1. The first-order valence-corrected chi connectivity index (χ1v) is 6.56. The maximum absolute atomic E-state index is 12.8. The highest BCUT2D eigenvalue weighted by atomic mass is 19.1. The zero-order valence-corrected chi connectivity index (χ0v) is 11.7. The number of methoxy groups -OCH3 is 1. The normalized spacial score (nSPS) is 10.2. The summed E-state index contributed by atoms with van der Waals surface area (Å²) in [6.45, 7) is 0.447. The summed E-state index contributed by atoms with van der Waals surface area (Å²) in [6, 6.07) is 11.1. The van der Waals surface area contributed by atoms with E-state index in [9.17, 15) is 9.18 Å². The number of carbonyl (C=O) groups is 1. The van der Waals surface area contributed by atoms with Crippen molar-refractivity contribution < 1.29 is 13.9 Å². The topological polar surface area (TPSA) is 64.3 Å². The Kier molecular flexibility index (Phi) is 4.77. The lowest BCUT2D eigenvalue weighted by molar-refractivity contribution is 0.0951. The van der Waals surface area contributed by atoms with Gasteiger partial charge < -0.3 is 15.8 Å². The predicted molar refractivity (Wildman–Crippen MR) is 79.8 cm³/mol. The van der Waals surface area contributed by atoms with Crippen molar-refractivity contribution in [3.05, 3.63) is 59.4 Å². The highest BCUT2D eigenvalue weighted by Gasteiger charge is 2.12. The second kappa shape index (κ2) is 6.74. The van der Waals surface area contributed by atoms with Crippen LogP contribution in [0.15, 0.2) is 42.5 Å². The average molecular weight is 288 g/mol. The molecule has 0 bridgehead atoms. The van der Waals surface area contributed by atoms with Crippen LogP contribution in [0, 0.1) is 5.82 Å². The molecule has 3 N–H and O–H groups in total. The Morgan fingerprint density at radius 1 is 1.24 bits per heavy atom. The largest absolute Gasteiger partial charge is 0.496 e. The van der Waals surface area contributed by atoms with Gasteiger partial charge in [-0.2, -0.15) is 0 Å². The molecule has 2 rings (SSSR count). The van der Waals surface area contributed by atoms with Gasteiger partial charge in [-0.25, -0.2) is 4.39 Å². The molecule has 0 radical (unpaired) electrons. The summed E-state index contributed by atoms with van der Waals surface area (Å²) in [5.74, 6) is -0.0444. The van der Waals surface area contributed by atoms with E-state index in [4.69, 9.17) is 10.5 Å². The maximum atomic E-state index is 12.8. The van der Waals surface area contributed by atoms with Crippen molar-refractivity contribution in [2.24, 2.45) is 0 Å². The minimum absolute atomic E-state index is 0.249. The first kappa shape index (κ1) is 14.8. The van der Waals surface area contributed by atoms with E-state index in [1.54, 1.807) is 30.3 Å². The second-order valence-corrected chi connectivity index (χ2v) is 4.59. The molecule has 0 aliphatic carbocycles. The molecule has 0 saturated carbocycles. The van der Waals surface area contributed by atoms with E-state index >= 15 is 0 Å². The van der Waals surface area contributed by atoms with Gasteiger partial charge in [0.15, 0.2) is 0 Å². The van der Waals surface area contributed by atoms with Crippen LogP contribution in [-0.4, -0.2) is 19.6 Å². The number of nitrogen functional groups attached to an aromatic ring is 1. The Bertz CT molecular complexity index is 627. The highest BCUT2D eigenvalue weighted by Crippen LogP contribution is 2.20. The van der Waals surface area contributed by atoms with Crippen molar-refractivity contribution in [3.63, 3.8) is 0 Å². The molecule has 0 aliphatic rings. The summed E-state index contributed by atoms with van der Waals surface area (Å²) in [5, 5.41) is 2.80. The Balaban J connectivity index is 1.95. The minimum Gasteiger partial charge on any atom is -0.496 e. The molecule has 0 heterocycles. The molecule has 1 amide bonds. The van der Waals surface area contributed by atoms with Gasteiger partial charge in [-0.1, -0.05) is 12.1 Å². The van der Waals surface area contributed by atoms with E-state index in [1.807, 2.05) is 0 Å². The van der Waals surface area contributed by atoms with Gasteiger partial charge in [0, 0.05) is 12.2 Å². The fourth-order valence-electron chi connectivity index (χ4n) is 1.97. The van der Waals surface area contributed by atoms with Crippen LogP contribution in [-0.2, 0) is 6.42 Å². The van der Waals surface area contributed by atoms with Crippen LogP contribution in [0.5, 0.6) is 5.75 Å². The van der Waals surface area contributed by atoms with Crippen molar-refractivity contribution in [3.8, 4) is 5.75 Å². The third-order valence-electron chi connectivity index (χ3n) is 3.08.